The van der Waals surface area contributed by atoms with Crippen molar-refractivity contribution in [3.05, 3.63) is 34.1 Å². The van der Waals surface area contributed by atoms with Crippen LogP contribution in [0.5, 0.6) is 0 Å². The Morgan fingerprint density at radius 2 is 2.22 bits per heavy atom. The van der Waals surface area contributed by atoms with Gasteiger partial charge in [0, 0.05) is 4.47 Å². The lowest BCUT2D eigenvalue weighted by Gasteiger charge is -2.19. The van der Waals surface area contributed by atoms with Crippen molar-refractivity contribution in [2.24, 2.45) is 11.8 Å². The van der Waals surface area contributed by atoms with Crippen LogP contribution >= 0.6 is 15.9 Å². The molecule has 2 rings (SSSR count). The van der Waals surface area contributed by atoms with Crippen molar-refractivity contribution < 1.29 is 9.50 Å². The molecule has 1 aromatic carbocycles. The second-order valence-electron chi connectivity index (χ2n) is 5.35. The van der Waals surface area contributed by atoms with E-state index in [1.165, 1.54) is 25.0 Å². The lowest BCUT2D eigenvalue weighted by molar-refractivity contribution is 0.108. The Kier molecular flexibility index (Phi) is 4.79. The molecule has 0 radical (unpaired) electrons. The van der Waals surface area contributed by atoms with Crippen molar-refractivity contribution in [2.75, 3.05) is 0 Å². The topological polar surface area (TPSA) is 20.2 Å². The molecule has 1 saturated carbocycles. The van der Waals surface area contributed by atoms with Crippen molar-refractivity contribution in [3.63, 3.8) is 0 Å². The van der Waals surface area contributed by atoms with Crippen molar-refractivity contribution in [2.45, 2.75) is 45.1 Å². The average Bonchev–Trinajstić information content (AvgIpc) is 2.81. The molecule has 0 spiro atoms. The van der Waals surface area contributed by atoms with E-state index in [0.29, 0.717) is 12.3 Å². The third kappa shape index (κ3) is 3.33. The zero-order valence-electron chi connectivity index (χ0n) is 10.7. The summed E-state index contributed by atoms with van der Waals surface area (Å²) in [6.45, 7) is 2.22. The SMILES string of the molecule is CCC1CCC(C(O)Cc2ccc(F)cc2Br)C1. The Hall–Kier alpha value is -0.410. The first-order valence-electron chi connectivity index (χ1n) is 6.72. The predicted molar refractivity (Wildman–Crippen MR) is 74.9 cm³/mol. The van der Waals surface area contributed by atoms with Gasteiger partial charge >= 0.3 is 0 Å². The summed E-state index contributed by atoms with van der Waals surface area (Å²) in [6, 6.07) is 4.68. The average molecular weight is 315 g/mol. The molecule has 1 N–H and O–H groups in total. The molecule has 3 heteroatoms. The maximum absolute atomic E-state index is 13.0. The minimum atomic E-state index is -0.302. The van der Waals surface area contributed by atoms with Gasteiger partial charge in [-0.3, -0.25) is 0 Å². The standard InChI is InChI=1S/C15H20BrFO/c1-2-10-3-4-12(7-10)15(18)8-11-5-6-13(17)9-14(11)16/h5-6,9-10,12,15,18H,2-4,7-8H2,1H3. The van der Waals surface area contributed by atoms with Crippen molar-refractivity contribution in [3.8, 4) is 0 Å². The van der Waals surface area contributed by atoms with Gasteiger partial charge in [-0.2, -0.15) is 0 Å². The molecule has 1 fully saturated rings. The third-order valence-corrected chi connectivity index (χ3v) is 4.89. The molecular formula is C15H20BrFO. The smallest absolute Gasteiger partial charge is 0.124 e. The molecule has 0 saturated heterocycles. The number of hydrogen-bond acceptors (Lipinski definition) is 1. The maximum Gasteiger partial charge on any atom is 0.124 e. The second-order valence-corrected chi connectivity index (χ2v) is 6.21. The zero-order chi connectivity index (χ0) is 13.1. The monoisotopic (exact) mass is 314 g/mol. The number of aliphatic hydroxyl groups excluding tert-OH is 1. The van der Waals surface area contributed by atoms with Crippen LogP contribution in [0.15, 0.2) is 22.7 Å². The second kappa shape index (κ2) is 6.16. The highest BCUT2D eigenvalue weighted by atomic mass is 79.9. The molecule has 0 aliphatic heterocycles. The normalized spacial score (nSPS) is 25.3. The zero-order valence-corrected chi connectivity index (χ0v) is 12.3. The molecule has 3 unspecified atom stereocenters. The summed E-state index contributed by atoms with van der Waals surface area (Å²) < 4.78 is 13.7. The highest BCUT2D eigenvalue weighted by Gasteiger charge is 2.29. The summed E-state index contributed by atoms with van der Waals surface area (Å²) in [4.78, 5) is 0. The van der Waals surface area contributed by atoms with Gasteiger partial charge in [-0.05, 0) is 48.8 Å². The van der Waals surface area contributed by atoms with Crippen LogP contribution in [0, 0.1) is 17.7 Å². The van der Waals surface area contributed by atoms with E-state index in [-0.39, 0.29) is 11.9 Å². The van der Waals surface area contributed by atoms with Crippen LogP contribution in [0.2, 0.25) is 0 Å². The van der Waals surface area contributed by atoms with E-state index in [1.54, 1.807) is 6.07 Å². The van der Waals surface area contributed by atoms with Crippen LogP contribution < -0.4 is 0 Å². The number of benzene rings is 1. The first kappa shape index (κ1) is 14.0. The quantitative estimate of drug-likeness (QED) is 0.877. The van der Waals surface area contributed by atoms with Crippen molar-refractivity contribution in [1.29, 1.82) is 0 Å². The Labute approximate surface area is 117 Å². The number of aliphatic hydroxyl groups is 1. The largest absolute Gasteiger partial charge is 0.392 e. The van der Waals surface area contributed by atoms with Gasteiger partial charge < -0.3 is 5.11 Å². The van der Waals surface area contributed by atoms with E-state index in [9.17, 15) is 9.50 Å². The van der Waals surface area contributed by atoms with Gasteiger partial charge in [0.15, 0.2) is 0 Å². The minimum absolute atomic E-state index is 0.243. The van der Waals surface area contributed by atoms with E-state index >= 15 is 0 Å². The van der Waals surface area contributed by atoms with Gasteiger partial charge in [0.05, 0.1) is 6.10 Å². The molecule has 1 aliphatic carbocycles. The van der Waals surface area contributed by atoms with Gasteiger partial charge in [0.25, 0.3) is 0 Å². The fourth-order valence-electron chi connectivity index (χ4n) is 2.91. The lowest BCUT2D eigenvalue weighted by atomic mass is 9.93. The number of hydrogen-bond donors (Lipinski definition) is 1. The van der Waals surface area contributed by atoms with Gasteiger partial charge in [-0.15, -0.1) is 0 Å². The number of halogens is 2. The molecule has 1 nitrogen and oxygen atoms in total. The van der Waals surface area contributed by atoms with Crippen LogP contribution in [0.4, 0.5) is 4.39 Å². The predicted octanol–water partition coefficient (Wildman–Crippen LogP) is 4.32. The minimum Gasteiger partial charge on any atom is -0.392 e. The fourth-order valence-corrected chi connectivity index (χ4v) is 3.43. The van der Waals surface area contributed by atoms with Gasteiger partial charge in [0.2, 0.25) is 0 Å². The summed E-state index contributed by atoms with van der Waals surface area (Å²) >= 11 is 3.36. The summed E-state index contributed by atoms with van der Waals surface area (Å²) in [6.07, 6.45) is 5.02. The van der Waals surface area contributed by atoms with Crippen LogP contribution in [-0.2, 0) is 6.42 Å². The van der Waals surface area contributed by atoms with Crippen LogP contribution in [0.1, 0.15) is 38.2 Å². The Bertz CT molecular complexity index is 407. The Morgan fingerprint density at radius 3 is 2.83 bits per heavy atom. The third-order valence-electron chi connectivity index (χ3n) is 4.15. The van der Waals surface area contributed by atoms with E-state index < -0.39 is 0 Å². The fraction of sp³-hybridized carbons (Fsp3) is 0.600. The molecular weight excluding hydrogens is 295 g/mol. The molecule has 0 bridgehead atoms. The molecule has 3 atom stereocenters. The van der Waals surface area contributed by atoms with Crippen LogP contribution in [0.3, 0.4) is 0 Å². The highest BCUT2D eigenvalue weighted by Crippen LogP contribution is 2.36. The van der Waals surface area contributed by atoms with E-state index in [0.717, 1.165) is 28.8 Å². The van der Waals surface area contributed by atoms with E-state index in [4.69, 9.17) is 0 Å². The summed E-state index contributed by atoms with van der Waals surface area (Å²) in [7, 11) is 0. The van der Waals surface area contributed by atoms with Crippen molar-refractivity contribution in [1.82, 2.24) is 0 Å². The van der Waals surface area contributed by atoms with E-state index in [2.05, 4.69) is 22.9 Å². The summed E-state index contributed by atoms with van der Waals surface area (Å²) in [5.74, 6) is 0.945. The van der Waals surface area contributed by atoms with Gasteiger partial charge in [-0.1, -0.05) is 41.8 Å². The first-order chi connectivity index (χ1) is 8.60. The van der Waals surface area contributed by atoms with Gasteiger partial charge in [-0.25, -0.2) is 4.39 Å². The van der Waals surface area contributed by atoms with E-state index in [1.807, 2.05) is 0 Å². The molecule has 1 aromatic rings. The van der Waals surface area contributed by atoms with Crippen LogP contribution in [0.25, 0.3) is 0 Å². The van der Waals surface area contributed by atoms with Crippen molar-refractivity contribution >= 4 is 15.9 Å². The first-order valence-corrected chi connectivity index (χ1v) is 7.51. The number of rotatable bonds is 4. The van der Waals surface area contributed by atoms with Crippen LogP contribution in [-0.4, -0.2) is 11.2 Å². The Balaban J connectivity index is 1.97. The van der Waals surface area contributed by atoms with Gasteiger partial charge in [0.1, 0.15) is 5.82 Å². The Morgan fingerprint density at radius 1 is 1.44 bits per heavy atom. The molecule has 0 aromatic heterocycles. The lowest BCUT2D eigenvalue weighted by Crippen LogP contribution is -2.21. The maximum atomic E-state index is 13.0. The summed E-state index contributed by atoms with van der Waals surface area (Å²) in [5, 5.41) is 10.3. The molecule has 0 amide bonds. The molecule has 0 heterocycles. The highest BCUT2D eigenvalue weighted by molar-refractivity contribution is 9.10. The summed E-state index contributed by atoms with van der Waals surface area (Å²) in [5.41, 5.74) is 0.990. The molecule has 1 aliphatic rings. The molecule has 100 valence electrons. The molecule has 18 heavy (non-hydrogen) atoms.